The van der Waals surface area contributed by atoms with Crippen LogP contribution < -0.4 is 0 Å². The van der Waals surface area contributed by atoms with E-state index in [1.165, 1.54) is 18.2 Å². The quantitative estimate of drug-likeness (QED) is 0.816. The zero-order valence-corrected chi connectivity index (χ0v) is 12.5. The SMILES string of the molecule is CS(=O)(=O)N(C1=CC(=O)c2ccccc21)S(=O)(=O)C(F)(F)F. The number of sulfonamides is 2. The van der Waals surface area contributed by atoms with E-state index in [4.69, 9.17) is 0 Å². The molecular formula is C11H8F3NO5S2. The first-order valence-electron chi connectivity index (χ1n) is 5.54. The molecule has 22 heavy (non-hydrogen) atoms. The molecule has 0 bridgehead atoms. The van der Waals surface area contributed by atoms with Crippen molar-refractivity contribution in [3.63, 3.8) is 0 Å². The lowest BCUT2D eigenvalue weighted by atomic mass is 10.1. The molecule has 0 radical (unpaired) electrons. The predicted octanol–water partition coefficient (Wildman–Crippen LogP) is 1.34. The maximum Gasteiger partial charge on any atom is 0.517 e. The number of allylic oxidation sites excluding steroid dienone is 1. The van der Waals surface area contributed by atoms with Gasteiger partial charge in [0.05, 0.1) is 12.0 Å². The van der Waals surface area contributed by atoms with E-state index in [1.54, 1.807) is 0 Å². The van der Waals surface area contributed by atoms with Gasteiger partial charge in [0.1, 0.15) is 0 Å². The van der Waals surface area contributed by atoms with E-state index in [0.717, 1.165) is 6.07 Å². The van der Waals surface area contributed by atoms with Crippen LogP contribution in [0.2, 0.25) is 0 Å². The molecule has 1 aliphatic rings. The van der Waals surface area contributed by atoms with Crippen molar-refractivity contribution in [2.45, 2.75) is 5.51 Å². The number of halogens is 3. The van der Waals surface area contributed by atoms with Gasteiger partial charge in [0.2, 0.25) is 10.0 Å². The number of fused-ring (bicyclic) bond motifs is 1. The van der Waals surface area contributed by atoms with Crippen LogP contribution in [0.4, 0.5) is 13.2 Å². The van der Waals surface area contributed by atoms with Crippen LogP contribution in [0.15, 0.2) is 30.3 Å². The van der Waals surface area contributed by atoms with Gasteiger partial charge < -0.3 is 0 Å². The van der Waals surface area contributed by atoms with Crippen LogP contribution in [-0.4, -0.2) is 38.1 Å². The number of alkyl halides is 3. The second-order valence-corrected chi connectivity index (χ2v) is 8.19. The van der Waals surface area contributed by atoms with Crippen LogP contribution >= 0.6 is 0 Å². The zero-order chi connectivity index (χ0) is 16.9. The molecule has 11 heteroatoms. The first kappa shape index (κ1) is 16.5. The molecule has 2 rings (SSSR count). The molecule has 0 heterocycles. The molecule has 0 aromatic heterocycles. The minimum Gasteiger partial charge on any atom is -0.289 e. The van der Waals surface area contributed by atoms with Crippen LogP contribution in [0, 0.1) is 0 Å². The van der Waals surface area contributed by atoms with E-state index in [-0.39, 0.29) is 11.1 Å². The number of nitrogens with zero attached hydrogens (tertiary/aromatic N) is 1. The van der Waals surface area contributed by atoms with E-state index >= 15 is 0 Å². The first-order chi connectivity index (χ1) is 9.87. The Morgan fingerprint density at radius 1 is 1.00 bits per heavy atom. The standard InChI is InChI=1S/C11H8F3NO5S2/c1-21(17,18)15(22(19,20)11(12,13)14)9-6-10(16)8-5-3-2-4-7(8)9/h2-6H,1H3. The number of carbonyl (C=O) groups excluding carboxylic acids is 1. The minimum absolute atomic E-state index is 0.0801. The first-order valence-corrected chi connectivity index (χ1v) is 8.83. The minimum atomic E-state index is -6.22. The summed E-state index contributed by atoms with van der Waals surface area (Å²) in [7, 11) is -11.1. The van der Waals surface area contributed by atoms with Gasteiger partial charge in [-0.3, -0.25) is 4.79 Å². The summed E-state index contributed by atoms with van der Waals surface area (Å²) in [4.78, 5) is 11.7. The van der Waals surface area contributed by atoms with Crippen LogP contribution in [0.5, 0.6) is 0 Å². The molecular weight excluding hydrogens is 347 g/mol. The van der Waals surface area contributed by atoms with Crippen LogP contribution in [0.3, 0.4) is 0 Å². The van der Waals surface area contributed by atoms with E-state index in [1.807, 2.05) is 0 Å². The summed E-state index contributed by atoms with van der Waals surface area (Å²) in [5.41, 5.74) is -6.97. The van der Waals surface area contributed by atoms with E-state index < -0.39 is 40.7 Å². The maximum atomic E-state index is 12.7. The fourth-order valence-electron chi connectivity index (χ4n) is 1.93. The van der Waals surface area contributed by atoms with Gasteiger partial charge in [-0.2, -0.15) is 25.3 Å². The number of hydrogen-bond acceptors (Lipinski definition) is 5. The second kappa shape index (κ2) is 4.81. The van der Waals surface area contributed by atoms with E-state index in [2.05, 4.69) is 0 Å². The molecule has 0 spiro atoms. The fourth-order valence-corrected chi connectivity index (χ4v) is 4.72. The van der Waals surface area contributed by atoms with Crippen molar-refractivity contribution in [1.82, 2.24) is 3.71 Å². The van der Waals surface area contributed by atoms with Gasteiger partial charge in [0, 0.05) is 17.2 Å². The molecule has 1 aromatic carbocycles. The third kappa shape index (κ3) is 2.50. The van der Waals surface area contributed by atoms with Gasteiger partial charge in [0.15, 0.2) is 5.78 Å². The molecule has 1 aliphatic carbocycles. The lowest BCUT2D eigenvalue weighted by Crippen LogP contribution is -2.42. The molecule has 0 aliphatic heterocycles. The Morgan fingerprint density at radius 2 is 1.50 bits per heavy atom. The van der Waals surface area contributed by atoms with E-state index in [0.29, 0.717) is 12.3 Å². The number of hydrogen-bond donors (Lipinski definition) is 0. The number of rotatable bonds is 3. The molecule has 0 amide bonds. The van der Waals surface area contributed by atoms with Crippen molar-refractivity contribution in [3.8, 4) is 0 Å². The number of carbonyl (C=O) groups is 1. The van der Waals surface area contributed by atoms with Gasteiger partial charge in [-0.15, -0.1) is 0 Å². The summed E-state index contributed by atoms with van der Waals surface area (Å²) >= 11 is 0. The summed E-state index contributed by atoms with van der Waals surface area (Å²) in [6, 6.07) is 5.17. The van der Waals surface area contributed by atoms with Crippen molar-refractivity contribution < 1.29 is 34.8 Å². The average Bonchev–Trinajstić information content (AvgIpc) is 2.64. The summed E-state index contributed by atoms with van der Waals surface area (Å²) in [5, 5.41) is 0. The third-order valence-electron chi connectivity index (χ3n) is 2.75. The lowest BCUT2D eigenvalue weighted by Gasteiger charge is -2.24. The molecule has 0 atom stereocenters. The Labute approximate surface area is 124 Å². The highest BCUT2D eigenvalue weighted by molar-refractivity contribution is 8.04. The summed E-state index contributed by atoms with van der Waals surface area (Å²) < 4.78 is 83.8. The fraction of sp³-hybridized carbons (Fsp3) is 0.182. The van der Waals surface area contributed by atoms with Gasteiger partial charge in [-0.05, 0) is 0 Å². The topological polar surface area (TPSA) is 88.6 Å². The normalized spacial score (nSPS) is 15.5. The van der Waals surface area contributed by atoms with Crippen LogP contribution in [-0.2, 0) is 20.0 Å². The zero-order valence-electron chi connectivity index (χ0n) is 10.8. The average molecular weight is 355 g/mol. The van der Waals surface area contributed by atoms with Crippen molar-refractivity contribution in [2.75, 3.05) is 6.26 Å². The Morgan fingerprint density at radius 3 is 1.95 bits per heavy atom. The predicted molar refractivity (Wildman–Crippen MR) is 70.4 cm³/mol. The maximum absolute atomic E-state index is 12.7. The van der Waals surface area contributed by atoms with Gasteiger partial charge in [-0.25, -0.2) is 8.42 Å². The third-order valence-corrected chi connectivity index (χ3v) is 6.16. The highest BCUT2D eigenvalue weighted by atomic mass is 32.3. The summed E-state index contributed by atoms with van der Waals surface area (Å²) in [6.07, 6.45) is 0.859. The molecule has 0 saturated carbocycles. The molecule has 0 unspecified atom stereocenters. The number of ketones is 1. The highest BCUT2D eigenvalue weighted by Crippen LogP contribution is 2.38. The molecule has 120 valence electrons. The summed E-state index contributed by atoms with van der Waals surface area (Å²) in [5.74, 6) is -0.781. The Hall–Kier alpha value is -1.88. The largest absolute Gasteiger partial charge is 0.517 e. The molecule has 1 aromatic rings. The van der Waals surface area contributed by atoms with Crippen molar-refractivity contribution >= 4 is 31.5 Å². The Bertz CT molecular complexity index is 885. The number of benzene rings is 1. The molecule has 0 saturated heterocycles. The van der Waals surface area contributed by atoms with Gasteiger partial charge in [-0.1, -0.05) is 24.3 Å². The van der Waals surface area contributed by atoms with Crippen molar-refractivity contribution in [2.24, 2.45) is 0 Å². The molecule has 0 N–H and O–H groups in total. The highest BCUT2D eigenvalue weighted by Gasteiger charge is 2.55. The second-order valence-electron chi connectivity index (χ2n) is 4.35. The van der Waals surface area contributed by atoms with Gasteiger partial charge >= 0.3 is 15.5 Å². The molecule has 6 nitrogen and oxygen atoms in total. The van der Waals surface area contributed by atoms with Crippen LogP contribution in [0.25, 0.3) is 5.70 Å². The Kier molecular flexibility index (Phi) is 3.61. The van der Waals surface area contributed by atoms with Gasteiger partial charge in [0.25, 0.3) is 0 Å². The smallest absolute Gasteiger partial charge is 0.289 e. The van der Waals surface area contributed by atoms with Crippen molar-refractivity contribution in [3.05, 3.63) is 41.5 Å². The van der Waals surface area contributed by atoms with Crippen LogP contribution in [0.1, 0.15) is 15.9 Å². The van der Waals surface area contributed by atoms with Crippen molar-refractivity contribution in [1.29, 1.82) is 0 Å². The summed E-state index contributed by atoms with van der Waals surface area (Å²) in [6.45, 7) is 0. The monoisotopic (exact) mass is 355 g/mol. The molecule has 0 fully saturated rings. The lowest BCUT2D eigenvalue weighted by molar-refractivity contribution is -0.0460. The Balaban J connectivity index is 2.76. The van der Waals surface area contributed by atoms with E-state index in [9.17, 15) is 34.8 Å².